The molecule has 25 heavy (non-hydrogen) atoms. The number of phosphoric ester groups is 1. The van der Waals surface area contributed by atoms with Crippen LogP contribution in [0.5, 0.6) is 0 Å². The highest BCUT2D eigenvalue weighted by atomic mass is 32.1. The molecular weight excluding hydrogens is 371 g/mol. The normalized spacial score (nSPS) is 10.8. The standard InChI is InChI=1S/C12H17N4OS.CH3O5P/c1-8-11(3-4-17)18-7-16(8)6-10-5-14-9(2)15-12(10)13;2-1-6-7(3,4)5/h5,7,17H,3-4,6H2,1-2H3,(H2,13,14,15);1H,(H2,3,4,5)/q+1;. The van der Waals surface area contributed by atoms with Gasteiger partial charge in [0.15, 0.2) is 12.2 Å². The van der Waals surface area contributed by atoms with Gasteiger partial charge in [-0.05, 0) is 6.92 Å². The summed E-state index contributed by atoms with van der Waals surface area (Å²) in [4.78, 5) is 34.0. The number of nitrogen functional groups attached to an aromatic ring is 1. The maximum atomic E-state index is 9.47. The molecule has 2 heterocycles. The maximum Gasteiger partial charge on any atom is 0.526 e. The molecule has 0 saturated heterocycles. The van der Waals surface area contributed by atoms with E-state index in [9.17, 15) is 4.57 Å². The molecule has 2 aromatic rings. The molecule has 2 rings (SSSR count). The molecule has 0 aliphatic heterocycles. The highest BCUT2D eigenvalue weighted by Crippen LogP contribution is 2.33. The van der Waals surface area contributed by atoms with Gasteiger partial charge in [0.2, 0.25) is 5.51 Å². The molecule has 0 amide bonds. The number of aliphatic hydroxyl groups excluding tert-OH is 1. The number of nitrogens with two attached hydrogens (primary N) is 1. The fourth-order valence-corrected chi connectivity index (χ4v) is 2.92. The molecule has 5 N–H and O–H groups in total. The SMILES string of the molecule is Cc1ncc(C[n+]2csc(CCO)c2C)c(N)n1.O=COP(=O)(O)O. The third-order valence-corrected chi connectivity index (χ3v) is 4.54. The average Bonchev–Trinajstić information content (AvgIpc) is 2.83. The Hall–Kier alpha value is -1.91. The average molecular weight is 391 g/mol. The molecule has 0 spiro atoms. The van der Waals surface area contributed by atoms with Crippen LogP contribution in [0, 0.1) is 13.8 Å². The van der Waals surface area contributed by atoms with Crippen molar-refractivity contribution >= 4 is 31.4 Å². The van der Waals surface area contributed by atoms with Crippen LogP contribution in [0.3, 0.4) is 0 Å². The van der Waals surface area contributed by atoms with Crippen molar-refractivity contribution < 1.29 is 33.3 Å². The van der Waals surface area contributed by atoms with Crippen molar-refractivity contribution in [3.05, 3.63) is 33.7 Å². The van der Waals surface area contributed by atoms with Gasteiger partial charge in [0, 0.05) is 26.1 Å². The van der Waals surface area contributed by atoms with Crippen LogP contribution in [-0.2, 0) is 26.8 Å². The molecule has 0 radical (unpaired) electrons. The molecule has 0 bridgehead atoms. The van der Waals surface area contributed by atoms with Crippen molar-refractivity contribution in [1.29, 1.82) is 0 Å². The number of hydrogen-bond donors (Lipinski definition) is 4. The van der Waals surface area contributed by atoms with Crippen molar-refractivity contribution in [3.63, 3.8) is 0 Å². The highest BCUT2D eigenvalue weighted by molar-refractivity contribution is 7.46. The summed E-state index contributed by atoms with van der Waals surface area (Å²) < 4.78 is 14.8. The zero-order valence-electron chi connectivity index (χ0n) is 13.7. The summed E-state index contributed by atoms with van der Waals surface area (Å²) in [5, 5.41) is 8.98. The van der Waals surface area contributed by atoms with Gasteiger partial charge in [-0.15, -0.1) is 0 Å². The molecule has 0 aliphatic carbocycles. The van der Waals surface area contributed by atoms with Crippen LogP contribution >= 0.6 is 19.2 Å². The summed E-state index contributed by atoms with van der Waals surface area (Å²) >= 11 is 1.65. The van der Waals surface area contributed by atoms with E-state index in [0.717, 1.165) is 11.3 Å². The summed E-state index contributed by atoms with van der Waals surface area (Å²) in [7, 11) is -4.53. The Labute approximate surface area is 148 Å². The van der Waals surface area contributed by atoms with Gasteiger partial charge in [-0.2, -0.15) is 4.57 Å². The molecule has 0 unspecified atom stereocenters. The topological polar surface area (TPSA) is 160 Å². The van der Waals surface area contributed by atoms with Gasteiger partial charge in [0.25, 0.3) is 0 Å². The number of nitrogens with zero attached hydrogens (tertiary/aromatic N) is 3. The summed E-state index contributed by atoms with van der Waals surface area (Å²) in [6.45, 7) is 4.41. The second-order valence-electron chi connectivity index (χ2n) is 4.85. The van der Waals surface area contributed by atoms with Crippen molar-refractivity contribution in [1.82, 2.24) is 9.97 Å². The van der Waals surface area contributed by atoms with Crippen LogP contribution in [0.4, 0.5) is 5.82 Å². The number of carbonyl (C=O) groups is 1. The third-order valence-electron chi connectivity index (χ3n) is 3.03. The number of aryl methyl sites for hydroxylation is 1. The first-order chi connectivity index (χ1) is 11.7. The lowest BCUT2D eigenvalue weighted by molar-refractivity contribution is -0.689. The smallest absolute Gasteiger partial charge is 0.396 e. The zero-order valence-corrected chi connectivity index (χ0v) is 15.4. The first-order valence-electron chi connectivity index (χ1n) is 7.00. The number of hydrogen-bond acceptors (Lipinski definition) is 8. The highest BCUT2D eigenvalue weighted by Gasteiger charge is 2.17. The first-order valence-corrected chi connectivity index (χ1v) is 9.41. The molecule has 10 nitrogen and oxygen atoms in total. The minimum absolute atomic E-state index is 0.178. The van der Waals surface area contributed by atoms with Crippen LogP contribution < -0.4 is 10.3 Å². The predicted molar refractivity (Wildman–Crippen MR) is 89.5 cm³/mol. The van der Waals surface area contributed by atoms with Gasteiger partial charge in [-0.3, -0.25) is 14.6 Å². The van der Waals surface area contributed by atoms with E-state index in [1.807, 2.05) is 19.4 Å². The van der Waals surface area contributed by atoms with E-state index >= 15 is 0 Å². The Morgan fingerprint density at radius 1 is 1.44 bits per heavy atom. The molecule has 0 fully saturated rings. The Kier molecular flexibility index (Phi) is 8.07. The fourth-order valence-electron chi connectivity index (χ4n) is 1.82. The van der Waals surface area contributed by atoms with Gasteiger partial charge in [-0.1, -0.05) is 11.3 Å². The number of phosphoric acid groups is 1. The molecule has 0 aromatic carbocycles. The van der Waals surface area contributed by atoms with E-state index in [2.05, 4.69) is 19.1 Å². The van der Waals surface area contributed by atoms with Gasteiger partial charge in [0.1, 0.15) is 11.6 Å². The van der Waals surface area contributed by atoms with Crippen LogP contribution in [0.2, 0.25) is 0 Å². The van der Waals surface area contributed by atoms with Gasteiger partial charge >= 0.3 is 14.3 Å². The van der Waals surface area contributed by atoms with Crippen LogP contribution in [0.15, 0.2) is 11.7 Å². The van der Waals surface area contributed by atoms with E-state index in [4.69, 9.17) is 25.4 Å². The number of rotatable bonds is 6. The second kappa shape index (κ2) is 9.54. The zero-order chi connectivity index (χ0) is 19.0. The molecule has 0 aliphatic rings. The predicted octanol–water partition coefficient (Wildman–Crippen LogP) is -0.140. The Bertz CT molecular complexity index is 763. The summed E-state index contributed by atoms with van der Waals surface area (Å²) in [5.41, 5.74) is 10.0. The molecule has 0 atom stereocenters. The van der Waals surface area contributed by atoms with Gasteiger partial charge in [-0.25, -0.2) is 14.5 Å². The number of anilines is 1. The van der Waals surface area contributed by atoms with Crippen molar-refractivity contribution in [2.45, 2.75) is 26.8 Å². The van der Waals surface area contributed by atoms with Crippen molar-refractivity contribution in [2.75, 3.05) is 12.3 Å². The lowest BCUT2D eigenvalue weighted by Crippen LogP contribution is -2.35. The number of thiazole rings is 1. The van der Waals surface area contributed by atoms with E-state index in [1.165, 1.54) is 4.88 Å². The van der Waals surface area contributed by atoms with Crippen molar-refractivity contribution in [2.24, 2.45) is 0 Å². The largest absolute Gasteiger partial charge is 0.526 e. The van der Waals surface area contributed by atoms with E-state index in [0.29, 0.717) is 24.6 Å². The second-order valence-corrected chi connectivity index (χ2v) is 6.98. The minimum Gasteiger partial charge on any atom is -0.396 e. The quantitative estimate of drug-likeness (QED) is 0.298. The van der Waals surface area contributed by atoms with E-state index < -0.39 is 7.82 Å². The first kappa shape index (κ1) is 21.1. The van der Waals surface area contributed by atoms with Crippen LogP contribution in [0.1, 0.15) is 22.0 Å². The monoisotopic (exact) mass is 391 g/mol. The van der Waals surface area contributed by atoms with Crippen LogP contribution in [0.25, 0.3) is 0 Å². The lowest BCUT2D eigenvalue weighted by atomic mass is 10.2. The molecule has 2 aromatic heterocycles. The molecule has 0 saturated carbocycles. The van der Waals surface area contributed by atoms with Gasteiger partial charge < -0.3 is 15.4 Å². The Morgan fingerprint density at radius 2 is 2.12 bits per heavy atom. The number of aromatic nitrogens is 3. The van der Waals surface area contributed by atoms with Crippen LogP contribution in [-0.4, -0.2) is 37.9 Å². The summed E-state index contributed by atoms with van der Waals surface area (Å²) in [6, 6.07) is 0. The Balaban J connectivity index is 0.000000381. The lowest BCUT2D eigenvalue weighted by Gasteiger charge is -2.01. The fraction of sp³-hybridized carbons (Fsp3) is 0.385. The number of carbonyl (C=O) groups excluding carboxylic acids is 1. The summed E-state index contributed by atoms with van der Waals surface area (Å²) in [5.74, 6) is 1.22. The molecular formula is C13H20N4O6PS+. The summed E-state index contributed by atoms with van der Waals surface area (Å²) in [6.07, 6.45) is 2.47. The minimum atomic E-state index is -4.53. The third kappa shape index (κ3) is 7.24. The molecule has 12 heteroatoms. The molecule has 138 valence electrons. The van der Waals surface area contributed by atoms with Crippen molar-refractivity contribution in [3.8, 4) is 0 Å². The maximum absolute atomic E-state index is 9.47. The van der Waals surface area contributed by atoms with E-state index in [-0.39, 0.29) is 13.1 Å². The van der Waals surface area contributed by atoms with Gasteiger partial charge in [0.05, 0.1) is 10.4 Å². The van der Waals surface area contributed by atoms with E-state index in [1.54, 1.807) is 17.5 Å². The number of aliphatic hydroxyl groups is 1. The Morgan fingerprint density at radius 3 is 2.60 bits per heavy atom.